The molecule has 2 atom stereocenters. The standard InChI is InChI=1S/C35H43N3O5/c1-22-14-15-23(2)28(20-22)31(32(40)36-29-13-8-7-10-24(29)3)38(26-11-9-12-26)33(41)30(37-34(42)43-35(4,5)6)21-25-16-18-27(39)19-17-25/h7-8,10,13-20,26,30-31,39H,9,11-12,21H2,1-6H3,(H,36,40)(H,37,42). The Labute approximate surface area is 254 Å². The van der Waals surface area contributed by atoms with Crippen molar-refractivity contribution in [2.24, 2.45) is 0 Å². The van der Waals surface area contributed by atoms with E-state index in [4.69, 9.17) is 4.74 Å². The van der Waals surface area contributed by atoms with Crippen LogP contribution in [0.5, 0.6) is 5.75 Å². The maximum absolute atomic E-state index is 14.7. The Morgan fingerprint density at radius 2 is 1.63 bits per heavy atom. The molecule has 0 spiro atoms. The molecule has 1 aliphatic carbocycles. The number of aromatic hydroxyl groups is 1. The summed E-state index contributed by atoms with van der Waals surface area (Å²) in [5.41, 5.74) is 4.18. The van der Waals surface area contributed by atoms with Crippen LogP contribution in [0.25, 0.3) is 0 Å². The summed E-state index contributed by atoms with van der Waals surface area (Å²) in [6, 6.07) is 17.9. The van der Waals surface area contributed by atoms with Gasteiger partial charge in [-0.3, -0.25) is 9.59 Å². The third-order valence-corrected chi connectivity index (χ3v) is 7.75. The maximum atomic E-state index is 14.7. The number of benzene rings is 3. The van der Waals surface area contributed by atoms with E-state index in [-0.39, 0.29) is 30.0 Å². The lowest BCUT2D eigenvalue weighted by molar-refractivity contribution is -0.145. The highest BCUT2D eigenvalue weighted by molar-refractivity contribution is 5.99. The summed E-state index contributed by atoms with van der Waals surface area (Å²) in [7, 11) is 0. The summed E-state index contributed by atoms with van der Waals surface area (Å²) in [5, 5.41) is 15.7. The molecule has 3 aromatic carbocycles. The molecule has 0 aromatic heterocycles. The number of rotatable bonds is 9. The van der Waals surface area contributed by atoms with Crippen molar-refractivity contribution in [1.82, 2.24) is 10.2 Å². The maximum Gasteiger partial charge on any atom is 0.408 e. The predicted octanol–water partition coefficient (Wildman–Crippen LogP) is 6.51. The number of hydrogen-bond acceptors (Lipinski definition) is 5. The second-order valence-electron chi connectivity index (χ2n) is 12.5. The predicted molar refractivity (Wildman–Crippen MR) is 168 cm³/mol. The third-order valence-electron chi connectivity index (χ3n) is 7.75. The van der Waals surface area contributed by atoms with E-state index in [1.165, 1.54) is 0 Å². The number of para-hydroxylation sites is 1. The number of amides is 3. The van der Waals surface area contributed by atoms with Crippen LogP contribution in [0.3, 0.4) is 0 Å². The second-order valence-corrected chi connectivity index (χ2v) is 12.5. The van der Waals surface area contributed by atoms with Crippen molar-refractivity contribution in [2.75, 3.05) is 5.32 Å². The lowest BCUT2D eigenvalue weighted by Gasteiger charge is -2.44. The molecule has 3 N–H and O–H groups in total. The van der Waals surface area contributed by atoms with Crippen LogP contribution in [0.1, 0.15) is 73.9 Å². The first-order valence-corrected chi connectivity index (χ1v) is 14.9. The van der Waals surface area contributed by atoms with Crippen molar-refractivity contribution >= 4 is 23.6 Å². The van der Waals surface area contributed by atoms with Crippen molar-refractivity contribution in [3.05, 3.63) is 94.5 Å². The van der Waals surface area contributed by atoms with Gasteiger partial charge < -0.3 is 25.4 Å². The molecule has 0 aliphatic heterocycles. The van der Waals surface area contributed by atoms with Gasteiger partial charge in [0.1, 0.15) is 23.4 Å². The minimum atomic E-state index is -1.01. The zero-order chi connectivity index (χ0) is 31.3. The zero-order valence-corrected chi connectivity index (χ0v) is 25.9. The molecule has 1 fully saturated rings. The smallest absolute Gasteiger partial charge is 0.408 e. The van der Waals surface area contributed by atoms with Crippen LogP contribution < -0.4 is 10.6 Å². The van der Waals surface area contributed by atoms with Gasteiger partial charge in [0, 0.05) is 18.2 Å². The fourth-order valence-electron chi connectivity index (χ4n) is 5.27. The summed E-state index contributed by atoms with van der Waals surface area (Å²) in [6.07, 6.45) is 1.88. The number of anilines is 1. The Hall–Kier alpha value is -4.33. The summed E-state index contributed by atoms with van der Waals surface area (Å²) in [5.74, 6) is -0.580. The summed E-state index contributed by atoms with van der Waals surface area (Å²) in [4.78, 5) is 43.7. The van der Waals surface area contributed by atoms with Crippen LogP contribution in [-0.2, 0) is 20.7 Å². The van der Waals surface area contributed by atoms with Crippen molar-refractivity contribution in [2.45, 2.75) is 91.0 Å². The number of aryl methyl sites for hydroxylation is 3. The molecular formula is C35H43N3O5. The molecule has 1 aliphatic rings. The first kappa shape index (κ1) is 31.6. The lowest BCUT2D eigenvalue weighted by Crippen LogP contribution is -2.57. The number of carbonyl (C=O) groups excluding carboxylic acids is 3. The normalized spacial score (nSPS) is 14.7. The van der Waals surface area contributed by atoms with Gasteiger partial charge in [0.25, 0.3) is 5.91 Å². The molecule has 8 nitrogen and oxygen atoms in total. The van der Waals surface area contributed by atoms with Gasteiger partial charge in [0.2, 0.25) is 5.91 Å². The van der Waals surface area contributed by atoms with Crippen molar-refractivity contribution in [3.63, 3.8) is 0 Å². The fourth-order valence-corrected chi connectivity index (χ4v) is 5.27. The quantitative estimate of drug-likeness (QED) is 0.265. The van der Waals surface area contributed by atoms with Crippen LogP contribution in [-0.4, -0.2) is 45.6 Å². The Morgan fingerprint density at radius 3 is 2.23 bits per heavy atom. The molecule has 0 heterocycles. The molecule has 2 unspecified atom stereocenters. The Kier molecular flexibility index (Phi) is 9.79. The van der Waals surface area contributed by atoms with Gasteiger partial charge in [0.15, 0.2) is 0 Å². The molecule has 3 amide bonds. The van der Waals surface area contributed by atoms with Crippen molar-refractivity contribution in [3.8, 4) is 5.75 Å². The van der Waals surface area contributed by atoms with Gasteiger partial charge in [-0.25, -0.2) is 4.79 Å². The summed E-state index contributed by atoms with van der Waals surface area (Å²) < 4.78 is 5.54. The second kappa shape index (κ2) is 13.3. The van der Waals surface area contributed by atoms with Crippen LogP contribution in [0.4, 0.5) is 10.5 Å². The number of phenolic OH excluding ortho intramolecular Hbond substituents is 1. The van der Waals surface area contributed by atoms with Gasteiger partial charge >= 0.3 is 6.09 Å². The minimum absolute atomic E-state index is 0.102. The first-order valence-electron chi connectivity index (χ1n) is 14.9. The van der Waals surface area contributed by atoms with Crippen LogP contribution >= 0.6 is 0 Å². The van der Waals surface area contributed by atoms with E-state index >= 15 is 0 Å². The minimum Gasteiger partial charge on any atom is -0.508 e. The molecule has 8 heteroatoms. The Morgan fingerprint density at radius 1 is 0.953 bits per heavy atom. The average molecular weight is 586 g/mol. The molecule has 0 radical (unpaired) electrons. The molecule has 43 heavy (non-hydrogen) atoms. The fraction of sp³-hybridized carbons (Fsp3) is 0.400. The van der Waals surface area contributed by atoms with Crippen LogP contribution in [0.2, 0.25) is 0 Å². The van der Waals surface area contributed by atoms with E-state index in [1.54, 1.807) is 49.9 Å². The largest absolute Gasteiger partial charge is 0.508 e. The number of nitrogens with zero attached hydrogens (tertiary/aromatic N) is 1. The van der Waals surface area contributed by atoms with E-state index in [0.717, 1.165) is 47.1 Å². The number of phenols is 1. The van der Waals surface area contributed by atoms with Crippen LogP contribution in [0.15, 0.2) is 66.7 Å². The van der Waals surface area contributed by atoms with Crippen molar-refractivity contribution < 1.29 is 24.2 Å². The van der Waals surface area contributed by atoms with Crippen LogP contribution in [0, 0.1) is 20.8 Å². The van der Waals surface area contributed by atoms with Gasteiger partial charge in [-0.15, -0.1) is 0 Å². The number of hydrogen-bond donors (Lipinski definition) is 3. The number of ether oxygens (including phenoxy) is 1. The number of nitrogens with one attached hydrogen (secondary N) is 2. The van der Waals surface area contributed by atoms with Crippen molar-refractivity contribution in [1.29, 1.82) is 0 Å². The first-order chi connectivity index (χ1) is 20.3. The molecule has 3 aromatic rings. The molecule has 228 valence electrons. The van der Waals surface area contributed by atoms with Gasteiger partial charge in [0.05, 0.1) is 0 Å². The van der Waals surface area contributed by atoms with Gasteiger partial charge in [-0.2, -0.15) is 0 Å². The Bertz CT molecular complexity index is 1460. The third kappa shape index (κ3) is 8.15. The zero-order valence-electron chi connectivity index (χ0n) is 25.9. The molecular weight excluding hydrogens is 542 g/mol. The average Bonchev–Trinajstić information content (AvgIpc) is 2.90. The summed E-state index contributed by atoms with van der Waals surface area (Å²) >= 11 is 0. The molecule has 4 rings (SSSR count). The van der Waals surface area contributed by atoms with E-state index in [1.807, 2.05) is 63.2 Å². The lowest BCUT2D eigenvalue weighted by atomic mass is 9.86. The highest BCUT2D eigenvalue weighted by atomic mass is 16.6. The molecule has 1 saturated carbocycles. The SMILES string of the molecule is Cc1ccc(C)c(C(C(=O)Nc2ccccc2C)N(C(=O)C(Cc2ccc(O)cc2)NC(=O)OC(C)(C)C)C2CCC2)c1. The number of alkyl carbamates (subject to hydrolysis) is 1. The van der Waals surface area contributed by atoms with Gasteiger partial charge in [-0.05, 0) is 101 Å². The van der Waals surface area contributed by atoms with E-state index in [0.29, 0.717) is 5.69 Å². The van der Waals surface area contributed by atoms with Gasteiger partial charge in [-0.1, -0.05) is 54.1 Å². The van der Waals surface area contributed by atoms with E-state index in [2.05, 4.69) is 10.6 Å². The summed E-state index contributed by atoms with van der Waals surface area (Å²) in [6.45, 7) is 11.1. The molecule has 0 bridgehead atoms. The highest BCUT2D eigenvalue weighted by Crippen LogP contribution is 2.36. The van der Waals surface area contributed by atoms with E-state index in [9.17, 15) is 19.5 Å². The topological polar surface area (TPSA) is 108 Å². The highest BCUT2D eigenvalue weighted by Gasteiger charge is 2.42. The van der Waals surface area contributed by atoms with E-state index < -0.39 is 23.8 Å². The molecule has 0 saturated heterocycles. The monoisotopic (exact) mass is 585 g/mol. The Balaban J connectivity index is 1.79. The number of carbonyl (C=O) groups is 3.